The number of hydrogen-bond acceptors (Lipinski definition) is 4. The van der Waals surface area contributed by atoms with Gasteiger partial charge in [-0.2, -0.15) is 0 Å². The first-order chi connectivity index (χ1) is 10.6. The van der Waals surface area contributed by atoms with Crippen LogP contribution in [0.15, 0.2) is 30.7 Å². The standard InChI is InChI=1S/C15H13F2N5/c16-8-1-2-11(17)9(3-8)10-4-14-21-13-5-19-7-20-15(13)22(14)6-12(10)18/h1-3,5,7,10,12H,4,6,18H2/t10-,12?/m1/s1. The van der Waals surface area contributed by atoms with E-state index in [9.17, 15) is 8.78 Å². The minimum atomic E-state index is -0.464. The molecule has 1 aliphatic rings. The minimum Gasteiger partial charge on any atom is -0.326 e. The number of hydrogen-bond donors (Lipinski definition) is 1. The smallest absolute Gasteiger partial charge is 0.163 e. The molecule has 0 saturated carbocycles. The first-order valence-corrected chi connectivity index (χ1v) is 6.99. The van der Waals surface area contributed by atoms with E-state index < -0.39 is 11.6 Å². The summed E-state index contributed by atoms with van der Waals surface area (Å²) in [5.74, 6) is -0.446. The molecule has 0 radical (unpaired) electrons. The summed E-state index contributed by atoms with van der Waals surface area (Å²) in [4.78, 5) is 12.7. The van der Waals surface area contributed by atoms with E-state index in [0.29, 0.717) is 24.0 Å². The van der Waals surface area contributed by atoms with Gasteiger partial charge in [0.05, 0.1) is 6.20 Å². The molecule has 0 saturated heterocycles. The van der Waals surface area contributed by atoms with Crippen molar-refractivity contribution in [3.63, 3.8) is 0 Å². The van der Waals surface area contributed by atoms with Crippen LogP contribution in [0.25, 0.3) is 11.2 Å². The third-order valence-electron chi connectivity index (χ3n) is 4.16. The number of aromatic nitrogens is 4. The van der Waals surface area contributed by atoms with Gasteiger partial charge in [-0.25, -0.2) is 23.7 Å². The first kappa shape index (κ1) is 13.3. The lowest BCUT2D eigenvalue weighted by molar-refractivity contribution is 0.394. The molecular weight excluding hydrogens is 288 g/mol. The lowest BCUT2D eigenvalue weighted by Crippen LogP contribution is -2.39. The second-order valence-corrected chi connectivity index (χ2v) is 5.51. The summed E-state index contributed by atoms with van der Waals surface area (Å²) in [5.41, 5.74) is 7.92. The van der Waals surface area contributed by atoms with Crippen LogP contribution in [0.5, 0.6) is 0 Å². The van der Waals surface area contributed by atoms with E-state index in [4.69, 9.17) is 5.73 Å². The molecule has 112 valence electrons. The van der Waals surface area contributed by atoms with Gasteiger partial charge >= 0.3 is 0 Å². The number of fused-ring (bicyclic) bond motifs is 3. The average Bonchev–Trinajstić information content (AvgIpc) is 2.87. The van der Waals surface area contributed by atoms with Gasteiger partial charge in [0, 0.05) is 24.9 Å². The number of benzene rings is 1. The molecule has 0 amide bonds. The van der Waals surface area contributed by atoms with Crippen LogP contribution in [0.2, 0.25) is 0 Å². The molecule has 0 aliphatic carbocycles. The molecule has 4 rings (SSSR count). The molecule has 2 atom stereocenters. The highest BCUT2D eigenvalue weighted by Gasteiger charge is 2.31. The zero-order valence-corrected chi connectivity index (χ0v) is 11.6. The van der Waals surface area contributed by atoms with Gasteiger partial charge in [0.25, 0.3) is 0 Å². The Labute approximate surface area is 124 Å². The molecule has 1 unspecified atom stereocenters. The van der Waals surface area contributed by atoms with Gasteiger partial charge in [-0.1, -0.05) is 0 Å². The molecule has 1 aromatic carbocycles. The predicted molar refractivity (Wildman–Crippen MR) is 76.1 cm³/mol. The van der Waals surface area contributed by atoms with E-state index in [1.54, 1.807) is 6.20 Å². The fourth-order valence-corrected chi connectivity index (χ4v) is 3.10. The Morgan fingerprint density at radius 3 is 3.00 bits per heavy atom. The Morgan fingerprint density at radius 2 is 2.14 bits per heavy atom. The topological polar surface area (TPSA) is 69.6 Å². The fourth-order valence-electron chi connectivity index (χ4n) is 3.10. The lowest BCUT2D eigenvalue weighted by Gasteiger charge is -2.30. The van der Waals surface area contributed by atoms with E-state index in [1.807, 2.05) is 4.57 Å². The zero-order chi connectivity index (χ0) is 15.3. The minimum absolute atomic E-state index is 0.303. The summed E-state index contributed by atoms with van der Waals surface area (Å²) in [5, 5.41) is 0. The molecule has 22 heavy (non-hydrogen) atoms. The van der Waals surface area contributed by atoms with E-state index in [-0.39, 0.29) is 12.0 Å². The quantitative estimate of drug-likeness (QED) is 0.743. The zero-order valence-electron chi connectivity index (χ0n) is 11.6. The Morgan fingerprint density at radius 1 is 1.27 bits per heavy atom. The van der Waals surface area contributed by atoms with Gasteiger partial charge in [-0.05, 0) is 23.8 Å². The van der Waals surface area contributed by atoms with Gasteiger partial charge in [-0.3, -0.25) is 0 Å². The lowest BCUT2D eigenvalue weighted by atomic mass is 9.86. The monoisotopic (exact) mass is 301 g/mol. The summed E-state index contributed by atoms with van der Waals surface area (Å²) >= 11 is 0. The maximum absolute atomic E-state index is 14.0. The first-order valence-electron chi connectivity index (χ1n) is 6.99. The molecule has 0 spiro atoms. The largest absolute Gasteiger partial charge is 0.326 e. The number of nitrogens with two attached hydrogens (primary N) is 1. The number of rotatable bonds is 1. The third kappa shape index (κ3) is 1.97. The molecule has 3 aromatic rings. The van der Waals surface area contributed by atoms with Gasteiger partial charge in [0.15, 0.2) is 5.65 Å². The molecule has 5 nitrogen and oxygen atoms in total. The van der Waals surface area contributed by atoms with Crippen LogP contribution in [-0.4, -0.2) is 25.6 Å². The van der Waals surface area contributed by atoms with Crippen molar-refractivity contribution >= 4 is 11.2 Å². The fraction of sp³-hybridized carbons (Fsp3) is 0.267. The van der Waals surface area contributed by atoms with Crippen molar-refractivity contribution in [2.45, 2.75) is 24.9 Å². The van der Waals surface area contributed by atoms with Crippen LogP contribution in [0.1, 0.15) is 17.3 Å². The Bertz CT molecular complexity index is 860. The summed E-state index contributed by atoms with van der Waals surface area (Å²) in [6, 6.07) is 3.13. The van der Waals surface area contributed by atoms with Crippen LogP contribution >= 0.6 is 0 Å². The van der Waals surface area contributed by atoms with E-state index in [0.717, 1.165) is 23.6 Å². The van der Waals surface area contributed by atoms with Gasteiger partial charge in [-0.15, -0.1) is 0 Å². The second kappa shape index (κ2) is 4.81. The van der Waals surface area contributed by atoms with Crippen LogP contribution < -0.4 is 5.73 Å². The maximum Gasteiger partial charge on any atom is 0.163 e. The molecular formula is C15H13F2N5. The SMILES string of the molecule is NC1Cn2c(nc3cncnc32)C[C@@H]1c1cc(F)ccc1F. The van der Waals surface area contributed by atoms with Crippen molar-refractivity contribution < 1.29 is 8.78 Å². The Kier molecular flexibility index (Phi) is 2.90. The molecule has 3 heterocycles. The molecule has 7 heteroatoms. The molecule has 0 fully saturated rings. The Balaban J connectivity index is 1.80. The average molecular weight is 301 g/mol. The second-order valence-electron chi connectivity index (χ2n) is 5.51. The highest BCUT2D eigenvalue weighted by atomic mass is 19.1. The van der Waals surface area contributed by atoms with Gasteiger partial charge in [0.2, 0.25) is 0 Å². The van der Waals surface area contributed by atoms with E-state index in [2.05, 4.69) is 15.0 Å². The molecule has 2 N–H and O–H groups in total. The van der Waals surface area contributed by atoms with Crippen molar-refractivity contribution in [3.05, 3.63) is 53.7 Å². The van der Waals surface area contributed by atoms with Gasteiger partial charge in [0.1, 0.15) is 29.3 Å². The van der Waals surface area contributed by atoms with Crippen molar-refractivity contribution in [3.8, 4) is 0 Å². The molecule has 1 aliphatic heterocycles. The summed E-state index contributed by atoms with van der Waals surface area (Å²) < 4.78 is 29.4. The summed E-state index contributed by atoms with van der Waals surface area (Å²) in [6.07, 6.45) is 3.54. The van der Waals surface area contributed by atoms with Crippen molar-refractivity contribution in [1.29, 1.82) is 0 Å². The number of halogens is 2. The Hall–Kier alpha value is -2.41. The molecule has 0 bridgehead atoms. The third-order valence-corrected chi connectivity index (χ3v) is 4.16. The van der Waals surface area contributed by atoms with Gasteiger partial charge < -0.3 is 10.3 Å². The van der Waals surface area contributed by atoms with Crippen LogP contribution in [-0.2, 0) is 13.0 Å². The maximum atomic E-state index is 14.0. The predicted octanol–water partition coefficient (Wildman–Crippen LogP) is 1.77. The summed E-state index contributed by atoms with van der Waals surface area (Å²) in [6.45, 7) is 0.462. The van der Waals surface area contributed by atoms with Crippen LogP contribution in [0, 0.1) is 11.6 Å². The number of nitrogens with zero attached hydrogens (tertiary/aromatic N) is 4. The summed E-state index contributed by atoms with van der Waals surface area (Å²) in [7, 11) is 0. The van der Waals surface area contributed by atoms with Crippen molar-refractivity contribution in [2.75, 3.05) is 0 Å². The van der Waals surface area contributed by atoms with Crippen molar-refractivity contribution in [1.82, 2.24) is 19.5 Å². The van der Waals surface area contributed by atoms with E-state index in [1.165, 1.54) is 12.4 Å². The highest BCUT2D eigenvalue weighted by Crippen LogP contribution is 2.32. The van der Waals surface area contributed by atoms with E-state index >= 15 is 0 Å². The van der Waals surface area contributed by atoms with Crippen LogP contribution in [0.3, 0.4) is 0 Å². The highest BCUT2D eigenvalue weighted by molar-refractivity contribution is 5.70. The van der Waals surface area contributed by atoms with Crippen molar-refractivity contribution in [2.24, 2.45) is 5.73 Å². The van der Waals surface area contributed by atoms with Crippen LogP contribution in [0.4, 0.5) is 8.78 Å². The number of imidazole rings is 1. The normalized spacial score (nSPS) is 21.0. The molecule has 2 aromatic heterocycles.